The molecule has 0 fully saturated rings. The number of rotatable bonds is 2. The molecular weight excluding hydrogens is 229 g/mol. The molecule has 68 valence electrons. The Morgan fingerprint density at radius 2 is 2.23 bits per heavy atom. The van der Waals surface area contributed by atoms with E-state index in [9.17, 15) is 0 Å². The Morgan fingerprint density at radius 3 is 2.77 bits per heavy atom. The van der Waals surface area contributed by atoms with Crippen molar-refractivity contribution in [3.05, 3.63) is 33.2 Å². The Labute approximate surface area is 89.0 Å². The Balaban J connectivity index is 2.24. The number of thiazole rings is 1. The smallest absolute Gasteiger partial charge is 0.166 e. The van der Waals surface area contributed by atoms with E-state index >= 15 is 0 Å². The van der Waals surface area contributed by atoms with E-state index < -0.39 is 0 Å². The second-order valence-electron chi connectivity index (χ2n) is 2.38. The first-order valence-electron chi connectivity index (χ1n) is 3.52. The first kappa shape index (κ1) is 8.99. The van der Waals surface area contributed by atoms with E-state index in [0.29, 0.717) is 16.9 Å². The fourth-order valence-corrected chi connectivity index (χ4v) is 1.85. The van der Waals surface area contributed by atoms with Crippen molar-refractivity contribution in [3.63, 3.8) is 0 Å². The van der Waals surface area contributed by atoms with E-state index in [1.54, 1.807) is 28.4 Å². The molecule has 0 aliphatic carbocycles. The van der Waals surface area contributed by atoms with Crippen LogP contribution < -0.4 is 0 Å². The molecule has 0 saturated heterocycles. The zero-order valence-corrected chi connectivity index (χ0v) is 8.77. The van der Waals surface area contributed by atoms with Crippen molar-refractivity contribution in [3.8, 4) is 0 Å². The molecule has 0 aliphatic heterocycles. The number of aromatic nitrogens is 3. The van der Waals surface area contributed by atoms with Gasteiger partial charge in [0.25, 0.3) is 0 Å². The summed E-state index contributed by atoms with van der Waals surface area (Å²) in [5, 5.41) is 3.69. The summed E-state index contributed by atoms with van der Waals surface area (Å²) < 4.78 is 1.75. The van der Waals surface area contributed by atoms with Gasteiger partial charge in [-0.2, -0.15) is 0 Å². The van der Waals surface area contributed by atoms with Gasteiger partial charge in [0.1, 0.15) is 10.2 Å². The molecule has 0 aromatic carbocycles. The Hall–Kier alpha value is -0.580. The predicted octanol–water partition coefficient (Wildman–Crippen LogP) is 2.69. The van der Waals surface area contributed by atoms with Crippen LogP contribution in [0.2, 0.25) is 10.3 Å². The van der Waals surface area contributed by atoms with Crippen LogP contribution in [0.5, 0.6) is 0 Å². The summed E-state index contributed by atoms with van der Waals surface area (Å²) in [7, 11) is 0. The molecule has 13 heavy (non-hydrogen) atoms. The lowest BCUT2D eigenvalue weighted by atomic mass is 10.6. The van der Waals surface area contributed by atoms with Crippen LogP contribution in [0.1, 0.15) is 5.01 Å². The lowest BCUT2D eigenvalue weighted by molar-refractivity contribution is 0.791. The van der Waals surface area contributed by atoms with Crippen LogP contribution in [0.4, 0.5) is 0 Å². The highest BCUT2D eigenvalue weighted by Crippen LogP contribution is 2.20. The van der Waals surface area contributed by atoms with E-state index in [2.05, 4.69) is 9.97 Å². The van der Waals surface area contributed by atoms with Crippen LogP contribution in [0, 0.1) is 0 Å². The summed E-state index contributed by atoms with van der Waals surface area (Å²) in [6.45, 7) is 0.621. The summed E-state index contributed by atoms with van der Waals surface area (Å²) in [6, 6.07) is 0. The molecule has 3 nitrogen and oxygen atoms in total. The van der Waals surface area contributed by atoms with Crippen molar-refractivity contribution in [2.24, 2.45) is 0 Å². The largest absolute Gasteiger partial charge is 0.313 e. The zero-order chi connectivity index (χ0) is 9.26. The van der Waals surface area contributed by atoms with E-state index in [1.165, 1.54) is 0 Å². The van der Waals surface area contributed by atoms with Crippen LogP contribution in [0.25, 0.3) is 0 Å². The fourth-order valence-electron chi connectivity index (χ4n) is 0.930. The maximum Gasteiger partial charge on any atom is 0.166 e. The maximum atomic E-state index is 5.87. The average Bonchev–Trinajstić information content (AvgIpc) is 2.71. The number of hydrogen-bond donors (Lipinski definition) is 0. The molecular formula is C7H5Cl2N3S. The van der Waals surface area contributed by atoms with E-state index in [4.69, 9.17) is 23.2 Å². The van der Waals surface area contributed by atoms with Crippen LogP contribution in [-0.4, -0.2) is 14.5 Å². The van der Waals surface area contributed by atoms with Crippen LogP contribution >= 0.6 is 34.5 Å². The second-order valence-corrected chi connectivity index (χ2v) is 4.08. The third-order valence-electron chi connectivity index (χ3n) is 1.52. The zero-order valence-electron chi connectivity index (χ0n) is 6.44. The molecule has 0 aliphatic rings. The van der Waals surface area contributed by atoms with Crippen molar-refractivity contribution in [1.82, 2.24) is 14.5 Å². The quantitative estimate of drug-likeness (QED) is 0.799. The van der Waals surface area contributed by atoms with Gasteiger partial charge in [-0.05, 0) is 0 Å². The van der Waals surface area contributed by atoms with Gasteiger partial charge < -0.3 is 4.57 Å². The molecule has 6 heteroatoms. The first-order valence-corrected chi connectivity index (χ1v) is 5.15. The third kappa shape index (κ3) is 1.85. The highest BCUT2D eigenvalue weighted by Gasteiger charge is 2.06. The minimum Gasteiger partial charge on any atom is -0.313 e. The van der Waals surface area contributed by atoms with Gasteiger partial charge >= 0.3 is 0 Å². The lowest BCUT2D eigenvalue weighted by Gasteiger charge is -1.98. The molecule has 0 amide bonds. The topological polar surface area (TPSA) is 30.7 Å². The van der Waals surface area contributed by atoms with Crippen LogP contribution in [0.3, 0.4) is 0 Å². The normalized spacial score (nSPS) is 10.6. The number of imidazole rings is 1. The van der Waals surface area contributed by atoms with Crippen molar-refractivity contribution in [2.45, 2.75) is 6.54 Å². The van der Waals surface area contributed by atoms with Gasteiger partial charge in [-0.25, -0.2) is 9.97 Å². The number of hydrogen-bond acceptors (Lipinski definition) is 3. The second kappa shape index (κ2) is 3.65. The Kier molecular flexibility index (Phi) is 2.53. The van der Waals surface area contributed by atoms with Crippen molar-refractivity contribution in [2.75, 3.05) is 0 Å². The molecule has 0 bridgehead atoms. The monoisotopic (exact) mass is 233 g/mol. The van der Waals surface area contributed by atoms with Gasteiger partial charge in [0.2, 0.25) is 0 Å². The van der Waals surface area contributed by atoms with E-state index in [-0.39, 0.29) is 0 Å². The van der Waals surface area contributed by atoms with Gasteiger partial charge in [-0.1, -0.05) is 23.2 Å². The van der Waals surface area contributed by atoms with Crippen molar-refractivity contribution < 1.29 is 0 Å². The van der Waals surface area contributed by atoms with Crippen LogP contribution in [-0.2, 0) is 6.54 Å². The molecule has 0 radical (unpaired) electrons. The Bertz CT molecular complexity index is 396. The van der Waals surface area contributed by atoms with Gasteiger partial charge in [0, 0.05) is 11.6 Å². The van der Waals surface area contributed by atoms with Crippen LogP contribution in [0.15, 0.2) is 17.9 Å². The number of halogens is 2. The minimum atomic E-state index is 0.332. The molecule has 0 spiro atoms. The number of nitrogens with zero attached hydrogens (tertiary/aromatic N) is 3. The molecule has 0 N–H and O–H groups in total. The van der Waals surface area contributed by atoms with Gasteiger partial charge in [0.15, 0.2) is 5.15 Å². The standard InChI is InChI=1S/C7H5Cl2N3S/c8-6-7(9)12(4-11-6)3-5-10-1-2-13-5/h1-2,4H,3H2. The van der Waals surface area contributed by atoms with E-state index in [0.717, 1.165) is 5.01 Å². The van der Waals surface area contributed by atoms with Gasteiger partial charge in [-0.15, -0.1) is 11.3 Å². The third-order valence-corrected chi connectivity index (χ3v) is 3.06. The lowest BCUT2D eigenvalue weighted by Crippen LogP contribution is -1.96. The van der Waals surface area contributed by atoms with Gasteiger partial charge in [-0.3, -0.25) is 0 Å². The predicted molar refractivity (Wildman–Crippen MR) is 53.5 cm³/mol. The van der Waals surface area contributed by atoms with E-state index in [1.807, 2.05) is 5.38 Å². The molecule has 2 aromatic rings. The maximum absolute atomic E-state index is 5.87. The summed E-state index contributed by atoms with van der Waals surface area (Å²) in [6.07, 6.45) is 3.36. The molecule has 0 unspecified atom stereocenters. The average molecular weight is 234 g/mol. The molecule has 2 rings (SSSR count). The fraction of sp³-hybridized carbons (Fsp3) is 0.143. The van der Waals surface area contributed by atoms with Crippen molar-refractivity contribution >= 4 is 34.5 Å². The molecule has 0 saturated carbocycles. The summed E-state index contributed by atoms with van der Waals surface area (Å²) >= 11 is 13.1. The SMILES string of the molecule is Clc1ncn(Cc2nccs2)c1Cl. The molecule has 2 heterocycles. The minimum absolute atomic E-state index is 0.332. The highest BCUT2D eigenvalue weighted by atomic mass is 35.5. The highest BCUT2D eigenvalue weighted by molar-refractivity contribution is 7.09. The van der Waals surface area contributed by atoms with Crippen molar-refractivity contribution in [1.29, 1.82) is 0 Å². The summed E-state index contributed by atoms with van der Waals surface area (Å²) in [4.78, 5) is 8.00. The van der Waals surface area contributed by atoms with Gasteiger partial charge in [0.05, 0.1) is 12.9 Å². The molecule has 2 aromatic heterocycles. The first-order chi connectivity index (χ1) is 6.27. The molecule has 0 atom stereocenters. The summed E-state index contributed by atoms with van der Waals surface area (Å²) in [5.41, 5.74) is 0. The summed E-state index contributed by atoms with van der Waals surface area (Å²) in [5.74, 6) is 0. The Morgan fingerprint density at radius 1 is 1.38 bits per heavy atom.